The quantitative estimate of drug-likeness (QED) is 0.910. The minimum Gasteiger partial charge on any atom is -0.484 e. The van der Waals surface area contributed by atoms with E-state index in [2.05, 4.69) is 33.4 Å². The molecule has 108 valence electrons. The molecule has 1 aliphatic rings. The van der Waals surface area contributed by atoms with Gasteiger partial charge in [0.1, 0.15) is 5.75 Å². The molecule has 2 aromatic carbocycles. The van der Waals surface area contributed by atoms with Gasteiger partial charge in [0.15, 0.2) is 6.61 Å². The maximum absolute atomic E-state index is 11.9. The van der Waals surface area contributed by atoms with E-state index in [1.807, 2.05) is 30.3 Å². The van der Waals surface area contributed by atoms with Crippen molar-refractivity contribution in [3.63, 3.8) is 0 Å². The van der Waals surface area contributed by atoms with Gasteiger partial charge in [-0.05, 0) is 66.8 Å². The number of ether oxygens (including phenoxy) is 1. The summed E-state index contributed by atoms with van der Waals surface area (Å²) in [5.74, 6) is 0.611. The van der Waals surface area contributed by atoms with Crippen molar-refractivity contribution in [3.05, 3.63) is 58.1 Å². The van der Waals surface area contributed by atoms with Gasteiger partial charge in [0.05, 0.1) is 0 Å². The summed E-state index contributed by atoms with van der Waals surface area (Å²) in [4.78, 5) is 11.9. The molecule has 0 saturated carbocycles. The Labute approximate surface area is 132 Å². The van der Waals surface area contributed by atoms with Gasteiger partial charge in [0.2, 0.25) is 0 Å². The molecule has 0 fully saturated rings. The van der Waals surface area contributed by atoms with Crippen molar-refractivity contribution in [1.29, 1.82) is 0 Å². The van der Waals surface area contributed by atoms with Gasteiger partial charge in [0.25, 0.3) is 5.91 Å². The molecule has 0 heterocycles. The second-order valence-electron chi connectivity index (χ2n) is 5.13. The minimum atomic E-state index is -0.155. The van der Waals surface area contributed by atoms with Gasteiger partial charge in [-0.2, -0.15) is 0 Å². The molecule has 0 atom stereocenters. The number of benzene rings is 2. The first-order valence-electron chi connectivity index (χ1n) is 7.01. The fourth-order valence-corrected chi connectivity index (χ4v) is 2.78. The van der Waals surface area contributed by atoms with E-state index in [9.17, 15) is 4.79 Å². The van der Waals surface area contributed by atoms with E-state index >= 15 is 0 Å². The van der Waals surface area contributed by atoms with Crippen LogP contribution in [0.2, 0.25) is 0 Å². The number of rotatable bonds is 4. The number of hydrogen-bond acceptors (Lipinski definition) is 2. The second kappa shape index (κ2) is 6.31. The van der Waals surface area contributed by atoms with Crippen LogP contribution in [0.15, 0.2) is 46.9 Å². The maximum Gasteiger partial charge on any atom is 0.262 e. The van der Waals surface area contributed by atoms with Gasteiger partial charge >= 0.3 is 0 Å². The Bertz CT molecular complexity index is 652. The summed E-state index contributed by atoms with van der Waals surface area (Å²) in [7, 11) is 0. The van der Waals surface area contributed by atoms with E-state index < -0.39 is 0 Å². The average Bonchev–Trinajstić information content (AvgIpc) is 2.95. The number of carbonyl (C=O) groups is 1. The maximum atomic E-state index is 11.9. The van der Waals surface area contributed by atoms with Crippen LogP contribution in [0, 0.1) is 0 Å². The Balaban J connectivity index is 1.55. The van der Waals surface area contributed by atoms with Crippen molar-refractivity contribution in [3.8, 4) is 5.75 Å². The van der Waals surface area contributed by atoms with Gasteiger partial charge in [0, 0.05) is 10.2 Å². The number of carbonyl (C=O) groups excluding carboxylic acids is 1. The zero-order valence-electron chi connectivity index (χ0n) is 11.6. The number of fused-ring (bicyclic) bond motifs is 1. The molecule has 1 amide bonds. The van der Waals surface area contributed by atoms with E-state index in [4.69, 9.17) is 4.74 Å². The molecule has 2 aromatic rings. The molecule has 0 aliphatic heterocycles. The first-order valence-corrected chi connectivity index (χ1v) is 7.80. The molecule has 0 spiro atoms. The number of halogens is 1. The minimum absolute atomic E-state index is 0.0227. The molecule has 1 aliphatic carbocycles. The fraction of sp³-hybridized carbons (Fsp3) is 0.235. The van der Waals surface area contributed by atoms with Crippen LogP contribution in [-0.2, 0) is 17.6 Å². The van der Waals surface area contributed by atoms with Gasteiger partial charge in [-0.1, -0.05) is 22.0 Å². The number of hydrogen-bond donors (Lipinski definition) is 1. The van der Waals surface area contributed by atoms with Crippen LogP contribution in [-0.4, -0.2) is 12.5 Å². The summed E-state index contributed by atoms with van der Waals surface area (Å²) in [6.07, 6.45) is 3.47. The third kappa shape index (κ3) is 3.64. The van der Waals surface area contributed by atoms with Crippen LogP contribution in [0.25, 0.3) is 0 Å². The molecule has 0 unspecified atom stereocenters. The zero-order valence-corrected chi connectivity index (χ0v) is 13.2. The second-order valence-corrected chi connectivity index (χ2v) is 6.04. The van der Waals surface area contributed by atoms with Crippen molar-refractivity contribution < 1.29 is 9.53 Å². The number of aryl methyl sites for hydroxylation is 2. The number of amides is 1. The fourth-order valence-electron chi connectivity index (χ4n) is 2.52. The third-order valence-electron chi connectivity index (χ3n) is 3.57. The predicted octanol–water partition coefficient (Wildman–Crippen LogP) is 3.96. The SMILES string of the molecule is O=C(COc1ccc2c(c1)CCC2)Nc1ccc(Br)cc1. The van der Waals surface area contributed by atoms with E-state index in [1.54, 1.807) is 0 Å². The molecule has 0 bridgehead atoms. The normalized spacial score (nSPS) is 12.8. The molecule has 1 N–H and O–H groups in total. The highest BCUT2D eigenvalue weighted by Gasteiger charge is 2.11. The Morgan fingerprint density at radius 3 is 2.67 bits per heavy atom. The van der Waals surface area contributed by atoms with Gasteiger partial charge in [-0.25, -0.2) is 0 Å². The van der Waals surface area contributed by atoms with Crippen molar-refractivity contribution in [2.24, 2.45) is 0 Å². The highest BCUT2D eigenvalue weighted by atomic mass is 79.9. The van der Waals surface area contributed by atoms with E-state index in [0.29, 0.717) is 0 Å². The van der Waals surface area contributed by atoms with Crippen LogP contribution in [0.5, 0.6) is 5.75 Å². The molecule has 3 rings (SSSR count). The summed E-state index contributed by atoms with van der Waals surface area (Å²) in [6, 6.07) is 13.6. The summed E-state index contributed by atoms with van der Waals surface area (Å²) < 4.78 is 6.55. The molecule has 0 radical (unpaired) electrons. The molecule has 4 heteroatoms. The molecule has 21 heavy (non-hydrogen) atoms. The Hall–Kier alpha value is -1.81. The summed E-state index contributed by atoms with van der Waals surface area (Å²) in [6.45, 7) is 0.0227. The van der Waals surface area contributed by atoms with Crippen molar-refractivity contribution in [1.82, 2.24) is 0 Å². The predicted molar refractivity (Wildman–Crippen MR) is 86.7 cm³/mol. The van der Waals surface area contributed by atoms with Crippen molar-refractivity contribution in [2.75, 3.05) is 11.9 Å². The van der Waals surface area contributed by atoms with Crippen LogP contribution in [0.4, 0.5) is 5.69 Å². The van der Waals surface area contributed by atoms with Crippen LogP contribution in [0.1, 0.15) is 17.5 Å². The molecule has 3 nitrogen and oxygen atoms in total. The van der Waals surface area contributed by atoms with Crippen LogP contribution < -0.4 is 10.1 Å². The smallest absolute Gasteiger partial charge is 0.262 e. The van der Waals surface area contributed by atoms with E-state index in [0.717, 1.165) is 28.8 Å². The lowest BCUT2D eigenvalue weighted by Crippen LogP contribution is -2.20. The first kappa shape index (κ1) is 14.1. The van der Waals surface area contributed by atoms with Crippen LogP contribution in [0.3, 0.4) is 0 Å². The third-order valence-corrected chi connectivity index (χ3v) is 4.10. The number of anilines is 1. The highest BCUT2D eigenvalue weighted by molar-refractivity contribution is 9.10. The molecular formula is C17H16BrNO2. The lowest BCUT2D eigenvalue weighted by Gasteiger charge is -2.09. The molecule has 0 saturated heterocycles. The monoisotopic (exact) mass is 345 g/mol. The summed E-state index contributed by atoms with van der Waals surface area (Å²) in [5, 5.41) is 2.81. The van der Waals surface area contributed by atoms with Crippen LogP contribution >= 0.6 is 15.9 Å². The lowest BCUT2D eigenvalue weighted by atomic mass is 10.1. The largest absolute Gasteiger partial charge is 0.484 e. The summed E-state index contributed by atoms with van der Waals surface area (Å²) >= 11 is 3.36. The molecular weight excluding hydrogens is 330 g/mol. The number of nitrogens with one attached hydrogen (secondary N) is 1. The topological polar surface area (TPSA) is 38.3 Å². The zero-order chi connectivity index (χ0) is 14.7. The standard InChI is InChI=1S/C17H16BrNO2/c18-14-5-7-15(8-6-14)19-17(20)11-21-16-9-4-12-2-1-3-13(12)10-16/h4-10H,1-3,11H2,(H,19,20). The lowest BCUT2D eigenvalue weighted by molar-refractivity contribution is -0.118. The van der Waals surface area contributed by atoms with Gasteiger partial charge in [-0.3, -0.25) is 4.79 Å². The van der Waals surface area contributed by atoms with E-state index in [-0.39, 0.29) is 12.5 Å². The summed E-state index contributed by atoms with van der Waals surface area (Å²) in [5.41, 5.74) is 3.52. The Kier molecular flexibility index (Phi) is 4.25. The van der Waals surface area contributed by atoms with Crippen molar-refractivity contribution in [2.45, 2.75) is 19.3 Å². The Morgan fingerprint density at radius 2 is 1.86 bits per heavy atom. The molecule has 0 aromatic heterocycles. The average molecular weight is 346 g/mol. The van der Waals surface area contributed by atoms with Crippen molar-refractivity contribution >= 4 is 27.5 Å². The van der Waals surface area contributed by atoms with Gasteiger partial charge in [-0.15, -0.1) is 0 Å². The van der Waals surface area contributed by atoms with E-state index in [1.165, 1.54) is 17.5 Å². The Morgan fingerprint density at radius 1 is 1.10 bits per heavy atom. The highest BCUT2D eigenvalue weighted by Crippen LogP contribution is 2.26. The first-order chi connectivity index (χ1) is 10.2. The van der Waals surface area contributed by atoms with Gasteiger partial charge < -0.3 is 10.1 Å².